The summed E-state index contributed by atoms with van der Waals surface area (Å²) in [6, 6.07) is 26.3. The van der Waals surface area contributed by atoms with E-state index < -0.39 is 74.6 Å². The van der Waals surface area contributed by atoms with Crippen LogP contribution in [0, 0.1) is 0 Å². The number of benzene rings is 4. The molecule has 0 aliphatic carbocycles. The lowest BCUT2D eigenvalue weighted by Crippen LogP contribution is -2.60. The second-order valence-corrected chi connectivity index (χ2v) is 14.4. The Morgan fingerprint density at radius 1 is 0.621 bits per heavy atom. The zero-order valence-corrected chi connectivity index (χ0v) is 31.2. The molecular formula is C42H46N2O14. The molecule has 4 aromatic rings. The van der Waals surface area contributed by atoms with Crippen molar-refractivity contribution in [2.24, 2.45) is 0 Å². The third-order valence-electron chi connectivity index (χ3n) is 10.7. The first-order valence-electron chi connectivity index (χ1n) is 18.9. The Bertz CT molecular complexity index is 2020. The van der Waals surface area contributed by atoms with Gasteiger partial charge in [-0.15, -0.1) is 0 Å². The van der Waals surface area contributed by atoms with E-state index in [9.17, 15) is 50.4 Å². The lowest BCUT2D eigenvalue weighted by molar-refractivity contribution is -0.277. The highest BCUT2D eigenvalue weighted by atomic mass is 16.7. The number of rotatable bonds is 11. The zero-order valence-electron chi connectivity index (χ0n) is 31.2. The SMILES string of the molecule is O=Cc1cccc(-c2ccc(OC3OC(CO)C(O)C(O)C3O)cc2)c1N1CCN(C(=O)c2cccc(-c3ccc(OC4OC(CO)C(O)C(O)C4O)cc3)c2)CC1. The van der Waals surface area contributed by atoms with Gasteiger partial charge in [0.25, 0.3) is 5.91 Å². The first kappa shape index (κ1) is 41.2. The molecule has 0 aromatic heterocycles. The Kier molecular flexibility index (Phi) is 12.7. The van der Waals surface area contributed by atoms with Gasteiger partial charge >= 0.3 is 0 Å². The standard InChI is InChI=1S/C42H46N2O14/c45-20-27-5-2-6-30(24-9-13-29(14-10-24)56-42-39(53)37(51)35(49)32(22-47)58-42)33(27)43-15-17-44(18-16-43)40(54)26-4-1-3-25(19-26)23-7-11-28(12-8-23)55-41-38(52)36(50)34(48)31(21-46)57-41/h1-14,19-20,31-32,34-39,41-42,46-53H,15-18,21-22H2. The predicted molar refractivity (Wildman–Crippen MR) is 206 cm³/mol. The lowest BCUT2D eigenvalue weighted by Gasteiger charge is -2.39. The fourth-order valence-corrected chi connectivity index (χ4v) is 7.43. The van der Waals surface area contributed by atoms with Gasteiger partial charge in [-0.1, -0.05) is 48.5 Å². The maximum atomic E-state index is 13.8. The molecule has 16 heteroatoms. The van der Waals surface area contributed by atoms with Crippen molar-refractivity contribution in [3.05, 3.63) is 102 Å². The molecule has 10 unspecified atom stereocenters. The molecule has 0 spiro atoms. The van der Waals surface area contributed by atoms with E-state index in [-0.39, 0.29) is 5.91 Å². The van der Waals surface area contributed by atoms with E-state index in [2.05, 4.69) is 4.90 Å². The van der Waals surface area contributed by atoms with Crippen LogP contribution in [-0.4, -0.2) is 159 Å². The molecule has 8 N–H and O–H groups in total. The lowest BCUT2D eigenvalue weighted by atomic mass is 9.98. The quantitative estimate of drug-likeness (QED) is 0.0943. The smallest absolute Gasteiger partial charge is 0.253 e. The van der Waals surface area contributed by atoms with Crippen LogP contribution < -0.4 is 14.4 Å². The van der Waals surface area contributed by atoms with E-state index in [1.54, 1.807) is 83.8 Å². The van der Waals surface area contributed by atoms with Crippen LogP contribution in [0.2, 0.25) is 0 Å². The summed E-state index contributed by atoms with van der Waals surface area (Å²) in [7, 11) is 0. The molecule has 308 valence electrons. The van der Waals surface area contributed by atoms with Gasteiger partial charge in [0.15, 0.2) is 6.29 Å². The minimum Gasteiger partial charge on any atom is -0.462 e. The first-order chi connectivity index (χ1) is 28.0. The Hall–Kier alpha value is -4.98. The van der Waals surface area contributed by atoms with Gasteiger partial charge in [-0.2, -0.15) is 0 Å². The number of piperazine rings is 1. The molecule has 0 bridgehead atoms. The van der Waals surface area contributed by atoms with E-state index >= 15 is 0 Å². The van der Waals surface area contributed by atoms with Crippen LogP contribution in [0.3, 0.4) is 0 Å². The van der Waals surface area contributed by atoms with Gasteiger partial charge in [0.05, 0.1) is 18.9 Å². The van der Waals surface area contributed by atoms with E-state index in [1.165, 1.54) is 0 Å². The molecule has 0 radical (unpaired) electrons. The highest BCUT2D eigenvalue weighted by Crippen LogP contribution is 2.36. The molecule has 3 aliphatic heterocycles. The van der Waals surface area contributed by atoms with Crippen molar-refractivity contribution in [3.8, 4) is 33.8 Å². The summed E-state index contributed by atoms with van der Waals surface area (Å²) in [5.41, 5.74) is 4.80. The molecule has 4 aromatic carbocycles. The van der Waals surface area contributed by atoms with Gasteiger partial charge in [0.1, 0.15) is 60.3 Å². The number of para-hydroxylation sites is 1. The van der Waals surface area contributed by atoms with Crippen LogP contribution in [0.4, 0.5) is 5.69 Å². The van der Waals surface area contributed by atoms with Crippen molar-refractivity contribution < 1.29 is 69.4 Å². The minimum atomic E-state index is -1.57. The number of hydrogen-bond acceptors (Lipinski definition) is 15. The molecule has 3 saturated heterocycles. The average molecular weight is 803 g/mol. The molecule has 16 nitrogen and oxygen atoms in total. The van der Waals surface area contributed by atoms with Crippen LogP contribution in [0.1, 0.15) is 20.7 Å². The second kappa shape index (κ2) is 17.9. The van der Waals surface area contributed by atoms with E-state index in [1.807, 2.05) is 12.1 Å². The van der Waals surface area contributed by atoms with Gasteiger partial charge in [-0.3, -0.25) is 9.59 Å². The zero-order chi connectivity index (χ0) is 41.1. The van der Waals surface area contributed by atoms with Crippen molar-refractivity contribution in [2.45, 2.75) is 61.4 Å². The topological polar surface area (TPSA) is 239 Å². The van der Waals surface area contributed by atoms with Gasteiger partial charge in [0, 0.05) is 42.9 Å². The average Bonchev–Trinajstić information content (AvgIpc) is 3.26. The van der Waals surface area contributed by atoms with Gasteiger partial charge in [-0.25, -0.2) is 0 Å². The summed E-state index contributed by atoms with van der Waals surface area (Å²) >= 11 is 0. The maximum absolute atomic E-state index is 13.8. The summed E-state index contributed by atoms with van der Waals surface area (Å²) < 4.78 is 22.4. The van der Waals surface area contributed by atoms with E-state index in [4.69, 9.17) is 18.9 Å². The summed E-state index contributed by atoms with van der Waals surface area (Å²) in [6.07, 6.45) is -13.3. The van der Waals surface area contributed by atoms with Crippen LogP contribution in [0.5, 0.6) is 11.5 Å². The monoisotopic (exact) mass is 802 g/mol. The molecule has 58 heavy (non-hydrogen) atoms. The Labute approximate surface area is 333 Å². The normalized spacial score (nSPS) is 28.8. The fourth-order valence-electron chi connectivity index (χ4n) is 7.43. The van der Waals surface area contributed by atoms with Gasteiger partial charge < -0.3 is 69.6 Å². The number of ether oxygens (including phenoxy) is 4. The molecule has 10 atom stereocenters. The number of aliphatic hydroxyl groups is 8. The number of anilines is 1. The van der Waals surface area contributed by atoms with Crippen LogP contribution in [0.25, 0.3) is 22.3 Å². The molecule has 7 rings (SSSR count). The number of nitrogens with zero attached hydrogens (tertiary/aromatic N) is 2. The Morgan fingerprint density at radius 2 is 1.14 bits per heavy atom. The van der Waals surface area contributed by atoms with Crippen molar-refractivity contribution in [1.82, 2.24) is 4.90 Å². The number of aliphatic hydroxyl groups excluding tert-OH is 8. The number of carbonyl (C=O) groups excluding carboxylic acids is 2. The van der Waals surface area contributed by atoms with Crippen LogP contribution in [0.15, 0.2) is 91.0 Å². The van der Waals surface area contributed by atoms with Crippen molar-refractivity contribution in [2.75, 3.05) is 44.3 Å². The fraction of sp³-hybridized carbons (Fsp3) is 0.381. The van der Waals surface area contributed by atoms with E-state index in [0.29, 0.717) is 54.5 Å². The highest BCUT2D eigenvalue weighted by Gasteiger charge is 2.46. The Morgan fingerprint density at radius 3 is 1.66 bits per heavy atom. The maximum Gasteiger partial charge on any atom is 0.253 e. The molecule has 3 aliphatic rings. The summed E-state index contributed by atoms with van der Waals surface area (Å²) in [4.78, 5) is 29.9. The molecular weight excluding hydrogens is 756 g/mol. The third-order valence-corrected chi connectivity index (χ3v) is 10.7. The summed E-state index contributed by atoms with van der Waals surface area (Å²) in [6.45, 7) is 0.550. The largest absolute Gasteiger partial charge is 0.462 e. The van der Waals surface area contributed by atoms with Crippen molar-refractivity contribution in [1.29, 1.82) is 0 Å². The van der Waals surface area contributed by atoms with Crippen molar-refractivity contribution >= 4 is 17.9 Å². The predicted octanol–water partition coefficient (Wildman–Crippen LogP) is 0.153. The molecule has 1 amide bonds. The molecule has 0 saturated carbocycles. The van der Waals surface area contributed by atoms with Crippen molar-refractivity contribution in [3.63, 3.8) is 0 Å². The van der Waals surface area contributed by atoms with Crippen LogP contribution in [-0.2, 0) is 9.47 Å². The number of carbonyl (C=O) groups is 2. The number of aldehydes is 1. The van der Waals surface area contributed by atoms with E-state index in [0.717, 1.165) is 28.5 Å². The highest BCUT2D eigenvalue weighted by molar-refractivity contribution is 5.96. The third kappa shape index (κ3) is 8.43. The molecule has 3 heterocycles. The Balaban J connectivity index is 0.995. The summed E-state index contributed by atoms with van der Waals surface area (Å²) in [5.74, 6) is 0.466. The molecule has 3 fully saturated rings. The summed E-state index contributed by atoms with van der Waals surface area (Å²) in [5, 5.41) is 79.9. The minimum absolute atomic E-state index is 0.150. The van der Waals surface area contributed by atoms with Crippen LogP contribution >= 0.6 is 0 Å². The van der Waals surface area contributed by atoms with Gasteiger partial charge in [-0.05, 0) is 59.2 Å². The first-order valence-corrected chi connectivity index (χ1v) is 18.9. The second-order valence-electron chi connectivity index (χ2n) is 14.4. The number of amides is 1. The van der Waals surface area contributed by atoms with Gasteiger partial charge in [0.2, 0.25) is 12.6 Å². The number of hydrogen-bond donors (Lipinski definition) is 8.